The first kappa shape index (κ1) is 11.1. The molecule has 1 aliphatic rings. The van der Waals surface area contributed by atoms with Crippen LogP contribution in [0.5, 0.6) is 0 Å². The maximum atomic E-state index is 11.0. The second kappa shape index (κ2) is 3.28. The van der Waals surface area contributed by atoms with Crippen LogP contribution in [0.2, 0.25) is 0 Å². The number of hydrogen-bond donors (Lipinski definition) is 1. The third-order valence-corrected chi connectivity index (χ3v) is 3.81. The molecule has 86 valence electrons. The van der Waals surface area contributed by atoms with E-state index in [4.69, 9.17) is 5.73 Å². The van der Waals surface area contributed by atoms with Gasteiger partial charge in [-0.25, -0.2) is 0 Å². The van der Waals surface area contributed by atoms with E-state index >= 15 is 0 Å². The lowest BCUT2D eigenvalue weighted by molar-refractivity contribution is -0.386. The van der Waals surface area contributed by atoms with Gasteiger partial charge in [-0.1, -0.05) is 32.0 Å². The second-order valence-corrected chi connectivity index (χ2v) is 5.06. The fraction of sp³-hybridized carbons (Fsp3) is 0.500. The van der Waals surface area contributed by atoms with Crippen molar-refractivity contribution >= 4 is 5.69 Å². The van der Waals surface area contributed by atoms with E-state index in [0.29, 0.717) is 0 Å². The molecule has 1 aromatic carbocycles. The summed E-state index contributed by atoms with van der Waals surface area (Å²) in [5.74, 6) is 0. The van der Waals surface area contributed by atoms with Gasteiger partial charge >= 0.3 is 0 Å². The molecule has 0 aromatic heterocycles. The third kappa shape index (κ3) is 1.50. The average molecular weight is 220 g/mol. The third-order valence-electron chi connectivity index (χ3n) is 3.81. The van der Waals surface area contributed by atoms with Crippen LogP contribution in [0.3, 0.4) is 0 Å². The molecule has 0 saturated heterocycles. The molecule has 0 spiro atoms. The Morgan fingerprint density at radius 1 is 1.38 bits per heavy atom. The van der Waals surface area contributed by atoms with Gasteiger partial charge in [0.1, 0.15) is 0 Å². The first-order chi connectivity index (χ1) is 7.38. The van der Waals surface area contributed by atoms with Crippen LogP contribution in [-0.4, -0.2) is 10.5 Å². The van der Waals surface area contributed by atoms with Gasteiger partial charge in [0.05, 0.1) is 4.92 Å². The van der Waals surface area contributed by atoms with E-state index in [1.165, 1.54) is 0 Å². The first-order valence-electron chi connectivity index (χ1n) is 5.41. The van der Waals surface area contributed by atoms with Crippen LogP contribution in [0.4, 0.5) is 5.69 Å². The number of nitrogens with zero attached hydrogens (tertiary/aromatic N) is 1. The normalized spacial score (nSPS) is 18.2. The van der Waals surface area contributed by atoms with Gasteiger partial charge in [-0.3, -0.25) is 10.1 Å². The van der Waals surface area contributed by atoms with Gasteiger partial charge in [0.15, 0.2) is 0 Å². The summed E-state index contributed by atoms with van der Waals surface area (Å²) in [6, 6.07) is 6.87. The van der Waals surface area contributed by atoms with Crippen LogP contribution < -0.4 is 5.73 Å². The Kier molecular flexibility index (Phi) is 2.27. The highest BCUT2D eigenvalue weighted by Gasteiger charge is 2.53. The van der Waals surface area contributed by atoms with E-state index in [1.807, 2.05) is 26.0 Å². The van der Waals surface area contributed by atoms with Crippen molar-refractivity contribution in [2.45, 2.75) is 37.6 Å². The quantitative estimate of drug-likeness (QED) is 0.628. The number of benzene rings is 1. The van der Waals surface area contributed by atoms with E-state index in [0.717, 1.165) is 18.4 Å². The zero-order valence-electron chi connectivity index (χ0n) is 9.56. The minimum Gasteiger partial charge on any atom is -0.324 e. The Balaban J connectivity index is 2.51. The molecule has 1 aromatic rings. The van der Waals surface area contributed by atoms with Crippen LogP contribution in [0, 0.1) is 10.1 Å². The Labute approximate surface area is 94.6 Å². The van der Waals surface area contributed by atoms with Gasteiger partial charge in [-0.15, -0.1) is 0 Å². The molecule has 2 N–H and O–H groups in total. The van der Waals surface area contributed by atoms with Gasteiger partial charge in [0.25, 0.3) is 5.69 Å². The molecule has 1 saturated carbocycles. The summed E-state index contributed by atoms with van der Waals surface area (Å²) in [7, 11) is 0. The SMILES string of the molecule is CC(C)(c1ccccc1[N+](=O)[O-])C1(N)CC1. The summed E-state index contributed by atoms with van der Waals surface area (Å²) in [6.45, 7) is 3.98. The fourth-order valence-corrected chi connectivity index (χ4v) is 2.19. The predicted molar refractivity (Wildman–Crippen MR) is 62.3 cm³/mol. The largest absolute Gasteiger partial charge is 0.324 e. The number of rotatable bonds is 3. The first-order valence-corrected chi connectivity index (χ1v) is 5.41. The molecule has 0 amide bonds. The predicted octanol–water partition coefficient (Wildman–Crippen LogP) is 2.36. The zero-order chi connectivity index (χ0) is 12.0. The highest BCUT2D eigenvalue weighted by molar-refractivity contribution is 5.47. The Morgan fingerprint density at radius 2 is 1.94 bits per heavy atom. The van der Waals surface area contributed by atoms with Crippen molar-refractivity contribution in [1.82, 2.24) is 0 Å². The molecular formula is C12H16N2O2. The highest BCUT2D eigenvalue weighted by Crippen LogP contribution is 2.50. The molecule has 4 nitrogen and oxygen atoms in total. The molecule has 0 aliphatic heterocycles. The van der Waals surface area contributed by atoms with Crippen molar-refractivity contribution in [2.24, 2.45) is 5.73 Å². The summed E-state index contributed by atoms with van der Waals surface area (Å²) in [4.78, 5) is 10.6. The number of nitro groups is 1. The van der Waals surface area contributed by atoms with Gasteiger partial charge in [0, 0.05) is 22.6 Å². The molecule has 0 unspecified atom stereocenters. The van der Waals surface area contributed by atoms with Crippen LogP contribution in [0.1, 0.15) is 32.3 Å². The molecule has 16 heavy (non-hydrogen) atoms. The highest BCUT2D eigenvalue weighted by atomic mass is 16.6. The smallest absolute Gasteiger partial charge is 0.273 e. The lowest BCUT2D eigenvalue weighted by Crippen LogP contribution is -2.43. The Hall–Kier alpha value is -1.42. The maximum absolute atomic E-state index is 11.0. The van der Waals surface area contributed by atoms with Crippen molar-refractivity contribution in [3.63, 3.8) is 0 Å². The minimum atomic E-state index is -0.351. The van der Waals surface area contributed by atoms with Crippen LogP contribution in [-0.2, 0) is 5.41 Å². The molecule has 4 heteroatoms. The molecule has 0 radical (unpaired) electrons. The zero-order valence-corrected chi connectivity index (χ0v) is 9.56. The molecule has 0 bridgehead atoms. The van der Waals surface area contributed by atoms with Gasteiger partial charge < -0.3 is 5.73 Å². The number of nitrogens with two attached hydrogens (primary N) is 1. The van der Waals surface area contributed by atoms with Gasteiger partial charge in [0.2, 0.25) is 0 Å². The van der Waals surface area contributed by atoms with Crippen LogP contribution in [0.15, 0.2) is 24.3 Å². The number of nitro benzene ring substituents is 1. The molecule has 1 fully saturated rings. The van der Waals surface area contributed by atoms with E-state index in [2.05, 4.69) is 0 Å². The summed E-state index contributed by atoms with van der Waals surface area (Å²) >= 11 is 0. The van der Waals surface area contributed by atoms with Crippen molar-refractivity contribution in [2.75, 3.05) is 0 Å². The fourth-order valence-electron chi connectivity index (χ4n) is 2.19. The molecule has 0 atom stereocenters. The van der Waals surface area contributed by atoms with E-state index in [-0.39, 0.29) is 21.6 Å². The van der Waals surface area contributed by atoms with E-state index in [1.54, 1.807) is 12.1 Å². The van der Waals surface area contributed by atoms with Crippen molar-refractivity contribution in [3.8, 4) is 0 Å². The molecule has 2 rings (SSSR count). The summed E-state index contributed by atoms with van der Waals surface area (Å²) in [6.07, 6.45) is 1.87. The topological polar surface area (TPSA) is 69.2 Å². The lowest BCUT2D eigenvalue weighted by atomic mass is 9.75. The number of hydrogen-bond acceptors (Lipinski definition) is 3. The molecule has 1 aliphatic carbocycles. The maximum Gasteiger partial charge on any atom is 0.273 e. The molecular weight excluding hydrogens is 204 g/mol. The van der Waals surface area contributed by atoms with Gasteiger partial charge in [-0.2, -0.15) is 0 Å². The van der Waals surface area contributed by atoms with Crippen molar-refractivity contribution in [3.05, 3.63) is 39.9 Å². The summed E-state index contributed by atoms with van der Waals surface area (Å²) in [5.41, 5.74) is 6.48. The Bertz CT molecular complexity index is 436. The monoisotopic (exact) mass is 220 g/mol. The van der Waals surface area contributed by atoms with Gasteiger partial charge in [-0.05, 0) is 12.8 Å². The Morgan fingerprint density at radius 3 is 2.44 bits per heavy atom. The number of para-hydroxylation sites is 1. The lowest BCUT2D eigenvalue weighted by Gasteiger charge is -2.31. The van der Waals surface area contributed by atoms with Crippen molar-refractivity contribution < 1.29 is 4.92 Å². The standard InChI is InChI=1S/C12H16N2O2/c1-11(2,12(13)7-8-12)9-5-3-4-6-10(9)14(15)16/h3-6H,7-8,13H2,1-2H3. The summed E-state index contributed by atoms with van der Waals surface area (Å²) in [5, 5.41) is 11.0. The van der Waals surface area contributed by atoms with E-state index < -0.39 is 0 Å². The van der Waals surface area contributed by atoms with E-state index in [9.17, 15) is 10.1 Å². The minimum absolute atomic E-state index is 0.171. The van der Waals surface area contributed by atoms with Crippen molar-refractivity contribution in [1.29, 1.82) is 0 Å². The molecule has 0 heterocycles. The average Bonchev–Trinajstić information content (AvgIpc) is 2.98. The summed E-state index contributed by atoms with van der Waals surface area (Å²) < 4.78 is 0. The van der Waals surface area contributed by atoms with Crippen LogP contribution >= 0.6 is 0 Å². The van der Waals surface area contributed by atoms with Crippen LogP contribution in [0.25, 0.3) is 0 Å². The second-order valence-electron chi connectivity index (χ2n) is 5.06.